The third kappa shape index (κ3) is 7.59. The van der Waals surface area contributed by atoms with Crippen LogP contribution in [0.1, 0.15) is 17.5 Å². The van der Waals surface area contributed by atoms with Crippen LogP contribution in [-0.2, 0) is 27.9 Å². The third-order valence-electron chi connectivity index (χ3n) is 5.27. The maximum atomic E-state index is 12.2. The number of sulfonamides is 1. The molecule has 1 fully saturated rings. The molecule has 1 saturated heterocycles. The van der Waals surface area contributed by atoms with Crippen molar-refractivity contribution in [3.05, 3.63) is 64.7 Å². The monoisotopic (exact) mass is 464 g/mol. The summed E-state index contributed by atoms with van der Waals surface area (Å²) in [6.45, 7) is 5.72. The van der Waals surface area contributed by atoms with E-state index in [2.05, 4.69) is 39.0 Å². The van der Waals surface area contributed by atoms with Crippen LogP contribution in [0, 0.1) is 0 Å². The number of benzene rings is 2. The summed E-state index contributed by atoms with van der Waals surface area (Å²) in [5.74, 6) is -0.213. The number of carbonyl (C=O) groups excluding carboxylic acids is 1. The lowest BCUT2D eigenvalue weighted by Crippen LogP contribution is -2.43. The number of amides is 1. The molecule has 7 nitrogen and oxygen atoms in total. The van der Waals surface area contributed by atoms with Crippen molar-refractivity contribution in [2.45, 2.75) is 24.4 Å². The van der Waals surface area contributed by atoms with E-state index in [1.54, 1.807) is 12.1 Å². The van der Waals surface area contributed by atoms with Crippen LogP contribution >= 0.6 is 11.6 Å². The van der Waals surface area contributed by atoms with E-state index in [4.69, 9.17) is 11.6 Å². The molecule has 2 N–H and O–H groups in total. The van der Waals surface area contributed by atoms with Crippen molar-refractivity contribution in [3.63, 3.8) is 0 Å². The van der Waals surface area contributed by atoms with E-state index in [9.17, 15) is 13.2 Å². The Morgan fingerprint density at radius 2 is 1.71 bits per heavy atom. The standard InChI is InChI=1S/C22H29ClN4O3S/c1-26-11-13-27(14-12-26)17-19-7-5-18(6-8-19)16-24-22(28)9-10-25-31(29,30)21-4-2-3-20(23)15-21/h2-8,15,25H,9-14,16-17H2,1H3,(H,24,28). The van der Waals surface area contributed by atoms with Crippen LogP contribution in [0.4, 0.5) is 0 Å². The fourth-order valence-corrected chi connectivity index (χ4v) is 4.66. The first-order valence-corrected chi connectivity index (χ1v) is 12.2. The molecule has 168 valence electrons. The second kappa shape index (κ2) is 11.1. The molecule has 0 saturated carbocycles. The maximum absolute atomic E-state index is 12.2. The number of carbonyl (C=O) groups is 1. The van der Waals surface area contributed by atoms with Gasteiger partial charge in [-0.25, -0.2) is 13.1 Å². The minimum absolute atomic E-state index is 0.0185. The fraction of sp³-hybridized carbons (Fsp3) is 0.409. The highest BCUT2D eigenvalue weighted by molar-refractivity contribution is 7.89. The van der Waals surface area contributed by atoms with E-state index in [0.717, 1.165) is 38.3 Å². The van der Waals surface area contributed by atoms with Crippen molar-refractivity contribution in [2.75, 3.05) is 39.8 Å². The molecule has 0 aliphatic carbocycles. The Hall–Kier alpha value is -1.97. The third-order valence-corrected chi connectivity index (χ3v) is 6.96. The van der Waals surface area contributed by atoms with Crippen molar-refractivity contribution in [1.29, 1.82) is 0 Å². The Bertz CT molecular complexity index is 975. The Labute approximate surface area is 189 Å². The molecule has 31 heavy (non-hydrogen) atoms. The molecule has 0 unspecified atom stereocenters. The molecule has 0 atom stereocenters. The molecule has 9 heteroatoms. The van der Waals surface area contributed by atoms with E-state index < -0.39 is 10.0 Å². The molecule has 3 rings (SSSR count). The molecule has 0 spiro atoms. The van der Waals surface area contributed by atoms with Gasteiger partial charge in [0.1, 0.15) is 0 Å². The second-order valence-electron chi connectivity index (χ2n) is 7.78. The normalized spacial score (nSPS) is 15.7. The van der Waals surface area contributed by atoms with Gasteiger partial charge in [-0.2, -0.15) is 0 Å². The quantitative estimate of drug-likeness (QED) is 0.593. The minimum Gasteiger partial charge on any atom is -0.352 e. The highest BCUT2D eigenvalue weighted by Crippen LogP contribution is 2.15. The number of piperazine rings is 1. The van der Waals surface area contributed by atoms with Crippen LogP contribution in [0.5, 0.6) is 0 Å². The van der Waals surface area contributed by atoms with E-state index in [1.807, 2.05) is 12.1 Å². The average molecular weight is 465 g/mol. The number of halogens is 1. The number of nitrogens with zero attached hydrogens (tertiary/aromatic N) is 2. The zero-order valence-electron chi connectivity index (χ0n) is 17.7. The van der Waals surface area contributed by atoms with Gasteiger partial charge < -0.3 is 10.2 Å². The van der Waals surface area contributed by atoms with Crippen molar-refractivity contribution in [1.82, 2.24) is 19.8 Å². The van der Waals surface area contributed by atoms with E-state index in [-0.39, 0.29) is 23.8 Å². The van der Waals surface area contributed by atoms with E-state index >= 15 is 0 Å². The van der Waals surface area contributed by atoms with Gasteiger partial charge in [0.25, 0.3) is 0 Å². The second-order valence-corrected chi connectivity index (χ2v) is 9.98. The van der Waals surface area contributed by atoms with Gasteiger partial charge in [-0.15, -0.1) is 0 Å². The van der Waals surface area contributed by atoms with Crippen molar-refractivity contribution >= 4 is 27.5 Å². The van der Waals surface area contributed by atoms with Gasteiger partial charge in [-0.05, 0) is 36.4 Å². The van der Waals surface area contributed by atoms with Crippen LogP contribution < -0.4 is 10.0 Å². The number of rotatable bonds is 9. The summed E-state index contributed by atoms with van der Waals surface area (Å²) in [4.78, 5) is 16.9. The molecule has 0 aromatic heterocycles. The number of hydrogen-bond donors (Lipinski definition) is 2. The Morgan fingerprint density at radius 1 is 1.03 bits per heavy atom. The highest BCUT2D eigenvalue weighted by Gasteiger charge is 2.15. The molecular formula is C22H29ClN4O3S. The van der Waals surface area contributed by atoms with Gasteiger partial charge in [0, 0.05) is 57.3 Å². The smallest absolute Gasteiger partial charge is 0.240 e. The molecule has 1 aliphatic rings. The van der Waals surface area contributed by atoms with Crippen molar-refractivity contribution < 1.29 is 13.2 Å². The molecule has 1 heterocycles. The van der Waals surface area contributed by atoms with Crippen LogP contribution in [0.25, 0.3) is 0 Å². The summed E-state index contributed by atoms with van der Waals surface area (Å²) < 4.78 is 26.9. The molecule has 1 aliphatic heterocycles. The molecule has 2 aromatic carbocycles. The molecule has 0 bridgehead atoms. The Balaban J connectivity index is 1.38. The van der Waals surface area contributed by atoms with Crippen molar-refractivity contribution in [3.8, 4) is 0 Å². The fourth-order valence-electron chi connectivity index (χ4n) is 3.33. The molecule has 0 radical (unpaired) electrons. The van der Waals surface area contributed by atoms with Gasteiger partial charge in [0.15, 0.2) is 0 Å². The zero-order chi connectivity index (χ0) is 22.3. The summed E-state index contributed by atoms with van der Waals surface area (Å²) in [6, 6.07) is 14.2. The van der Waals surface area contributed by atoms with Gasteiger partial charge in [-0.1, -0.05) is 41.9 Å². The van der Waals surface area contributed by atoms with Crippen LogP contribution in [-0.4, -0.2) is 63.9 Å². The number of hydrogen-bond acceptors (Lipinski definition) is 5. The average Bonchev–Trinajstić information content (AvgIpc) is 2.75. The van der Waals surface area contributed by atoms with E-state index in [0.29, 0.717) is 11.6 Å². The molecular weight excluding hydrogens is 436 g/mol. The van der Waals surface area contributed by atoms with Crippen LogP contribution in [0.15, 0.2) is 53.4 Å². The predicted octanol–water partition coefficient (Wildman–Crippen LogP) is 2.07. The molecule has 2 aromatic rings. The summed E-state index contributed by atoms with van der Waals surface area (Å²) in [5.41, 5.74) is 2.27. The first kappa shape index (κ1) is 23.7. The first-order chi connectivity index (χ1) is 14.8. The predicted molar refractivity (Wildman–Crippen MR) is 122 cm³/mol. The Morgan fingerprint density at radius 3 is 2.39 bits per heavy atom. The summed E-state index contributed by atoms with van der Waals surface area (Å²) >= 11 is 5.84. The summed E-state index contributed by atoms with van der Waals surface area (Å²) in [7, 11) is -1.54. The Kier molecular flexibility index (Phi) is 8.45. The summed E-state index contributed by atoms with van der Waals surface area (Å²) in [6.07, 6.45) is 0.0568. The first-order valence-electron chi connectivity index (χ1n) is 10.3. The topological polar surface area (TPSA) is 81.8 Å². The SMILES string of the molecule is CN1CCN(Cc2ccc(CNC(=O)CCNS(=O)(=O)c3cccc(Cl)c3)cc2)CC1. The lowest BCUT2D eigenvalue weighted by Gasteiger charge is -2.32. The van der Waals surface area contributed by atoms with Crippen LogP contribution in [0.2, 0.25) is 5.02 Å². The van der Waals surface area contributed by atoms with Gasteiger partial charge in [-0.3, -0.25) is 9.69 Å². The summed E-state index contributed by atoms with van der Waals surface area (Å²) in [5, 5.41) is 3.17. The van der Waals surface area contributed by atoms with Gasteiger partial charge in [0.2, 0.25) is 15.9 Å². The van der Waals surface area contributed by atoms with Gasteiger partial charge >= 0.3 is 0 Å². The highest BCUT2D eigenvalue weighted by atomic mass is 35.5. The maximum Gasteiger partial charge on any atom is 0.240 e. The zero-order valence-corrected chi connectivity index (χ0v) is 19.3. The minimum atomic E-state index is -3.69. The lowest BCUT2D eigenvalue weighted by molar-refractivity contribution is -0.121. The number of likely N-dealkylation sites (N-methyl/N-ethyl adjacent to an activating group) is 1. The van der Waals surface area contributed by atoms with Crippen LogP contribution in [0.3, 0.4) is 0 Å². The van der Waals surface area contributed by atoms with E-state index in [1.165, 1.54) is 17.7 Å². The number of nitrogens with one attached hydrogen (secondary N) is 2. The molecule has 1 amide bonds. The largest absolute Gasteiger partial charge is 0.352 e. The lowest BCUT2D eigenvalue weighted by atomic mass is 10.1. The van der Waals surface area contributed by atoms with Crippen molar-refractivity contribution in [2.24, 2.45) is 0 Å². The van der Waals surface area contributed by atoms with Gasteiger partial charge in [0.05, 0.1) is 4.90 Å².